The van der Waals surface area contributed by atoms with Crippen LogP contribution in [0.15, 0.2) is 36.7 Å². The molecule has 0 bridgehead atoms. The average molecular weight is 330 g/mol. The third-order valence-corrected chi connectivity index (χ3v) is 3.90. The molecule has 0 saturated carbocycles. The van der Waals surface area contributed by atoms with E-state index in [1.54, 1.807) is 31.0 Å². The van der Waals surface area contributed by atoms with E-state index >= 15 is 0 Å². The van der Waals surface area contributed by atoms with Crippen molar-refractivity contribution in [2.75, 3.05) is 11.9 Å². The van der Waals surface area contributed by atoms with Crippen LogP contribution in [0.2, 0.25) is 0 Å². The number of hydrogen-bond donors (Lipinski definition) is 3. The lowest BCUT2D eigenvalue weighted by Crippen LogP contribution is -2.40. The minimum atomic E-state index is -1.19. The molecule has 24 heavy (non-hydrogen) atoms. The molecule has 2 rings (SSSR count). The lowest BCUT2D eigenvalue weighted by Gasteiger charge is -2.25. The molecule has 0 aliphatic heterocycles. The van der Waals surface area contributed by atoms with Gasteiger partial charge in [0.15, 0.2) is 0 Å². The first-order valence-electron chi connectivity index (χ1n) is 7.95. The standard InChI is InChI=1S/C18H26N4O2/c1-17(2,3)14-8-6-7-9-15(14)21-16(23)19-12-18(4,24)13-10-20-22(5)11-13/h6-11,24H,12H2,1-5H3,(H2,19,21,23). The van der Waals surface area contributed by atoms with Crippen molar-refractivity contribution in [2.45, 2.75) is 38.7 Å². The van der Waals surface area contributed by atoms with Crippen LogP contribution < -0.4 is 10.6 Å². The summed E-state index contributed by atoms with van der Waals surface area (Å²) in [7, 11) is 1.78. The lowest BCUT2D eigenvalue weighted by atomic mass is 9.86. The first-order valence-corrected chi connectivity index (χ1v) is 7.95. The maximum Gasteiger partial charge on any atom is 0.319 e. The number of nitrogens with one attached hydrogen (secondary N) is 2. The Labute approximate surface area is 142 Å². The summed E-state index contributed by atoms with van der Waals surface area (Å²) in [4.78, 5) is 12.2. The number of aryl methyl sites for hydroxylation is 1. The summed E-state index contributed by atoms with van der Waals surface area (Å²) in [6.45, 7) is 8.02. The molecule has 1 aromatic heterocycles. The molecule has 2 aromatic rings. The van der Waals surface area contributed by atoms with Gasteiger partial charge in [0.05, 0.1) is 12.7 Å². The molecule has 6 nitrogen and oxygen atoms in total. The van der Waals surface area contributed by atoms with Gasteiger partial charge in [-0.2, -0.15) is 5.10 Å². The monoisotopic (exact) mass is 330 g/mol. The lowest BCUT2D eigenvalue weighted by molar-refractivity contribution is 0.0599. The predicted molar refractivity (Wildman–Crippen MR) is 94.9 cm³/mol. The first kappa shape index (κ1) is 18.0. The summed E-state index contributed by atoms with van der Waals surface area (Å²) in [5.41, 5.74) is 1.21. The van der Waals surface area contributed by atoms with E-state index < -0.39 is 5.60 Å². The van der Waals surface area contributed by atoms with E-state index in [0.29, 0.717) is 5.56 Å². The number of carbonyl (C=O) groups is 1. The number of rotatable bonds is 4. The zero-order valence-corrected chi connectivity index (χ0v) is 14.9. The number of aliphatic hydroxyl groups is 1. The Morgan fingerprint density at radius 2 is 1.92 bits per heavy atom. The summed E-state index contributed by atoms with van der Waals surface area (Å²) in [6.07, 6.45) is 3.32. The van der Waals surface area contributed by atoms with Gasteiger partial charge in [0.25, 0.3) is 0 Å². The molecule has 130 valence electrons. The maximum absolute atomic E-state index is 12.2. The van der Waals surface area contributed by atoms with Crippen molar-refractivity contribution < 1.29 is 9.90 Å². The van der Waals surface area contributed by atoms with Crippen LogP contribution in [-0.4, -0.2) is 27.5 Å². The average Bonchev–Trinajstić information content (AvgIpc) is 2.92. The summed E-state index contributed by atoms with van der Waals surface area (Å²) < 4.78 is 1.61. The van der Waals surface area contributed by atoms with Crippen molar-refractivity contribution in [3.63, 3.8) is 0 Å². The zero-order chi connectivity index (χ0) is 18.0. The minimum absolute atomic E-state index is 0.0783. The highest BCUT2D eigenvalue weighted by atomic mass is 16.3. The van der Waals surface area contributed by atoms with Gasteiger partial charge < -0.3 is 15.7 Å². The first-order chi connectivity index (χ1) is 11.1. The van der Waals surface area contributed by atoms with Crippen LogP contribution in [0.5, 0.6) is 0 Å². The van der Waals surface area contributed by atoms with Crippen LogP contribution in [0.1, 0.15) is 38.8 Å². The van der Waals surface area contributed by atoms with Crippen LogP contribution in [0.4, 0.5) is 10.5 Å². The smallest absolute Gasteiger partial charge is 0.319 e. The van der Waals surface area contributed by atoms with Crippen molar-refractivity contribution in [2.24, 2.45) is 7.05 Å². The van der Waals surface area contributed by atoms with Crippen molar-refractivity contribution in [3.8, 4) is 0 Å². The summed E-state index contributed by atoms with van der Waals surface area (Å²) in [6, 6.07) is 7.37. The number of para-hydroxylation sites is 1. The summed E-state index contributed by atoms with van der Waals surface area (Å²) in [5, 5.41) is 20.1. The highest BCUT2D eigenvalue weighted by Gasteiger charge is 2.26. The number of urea groups is 1. The van der Waals surface area contributed by atoms with Crippen molar-refractivity contribution in [1.82, 2.24) is 15.1 Å². The molecule has 1 aromatic carbocycles. The number of benzene rings is 1. The summed E-state index contributed by atoms with van der Waals surface area (Å²) in [5.74, 6) is 0. The van der Waals surface area contributed by atoms with E-state index in [9.17, 15) is 9.90 Å². The molecule has 0 spiro atoms. The van der Waals surface area contributed by atoms with Crippen LogP contribution in [0.25, 0.3) is 0 Å². The highest BCUT2D eigenvalue weighted by molar-refractivity contribution is 5.90. The Kier molecular flexibility index (Phi) is 4.99. The van der Waals surface area contributed by atoms with Gasteiger partial charge in [-0.1, -0.05) is 39.0 Å². The van der Waals surface area contributed by atoms with Gasteiger partial charge in [0.2, 0.25) is 0 Å². The fraction of sp³-hybridized carbons (Fsp3) is 0.444. The van der Waals surface area contributed by atoms with Gasteiger partial charge >= 0.3 is 6.03 Å². The van der Waals surface area contributed by atoms with Gasteiger partial charge in [0, 0.05) is 24.5 Å². The van der Waals surface area contributed by atoms with E-state index in [0.717, 1.165) is 11.3 Å². The Morgan fingerprint density at radius 3 is 2.50 bits per heavy atom. The quantitative estimate of drug-likeness (QED) is 0.806. The Hall–Kier alpha value is -2.34. The second-order valence-corrected chi connectivity index (χ2v) is 7.28. The van der Waals surface area contributed by atoms with E-state index in [4.69, 9.17) is 0 Å². The second kappa shape index (κ2) is 6.65. The fourth-order valence-electron chi connectivity index (χ4n) is 2.47. The van der Waals surface area contributed by atoms with Crippen LogP contribution in [-0.2, 0) is 18.1 Å². The van der Waals surface area contributed by atoms with Gasteiger partial charge in [-0.15, -0.1) is 0 Å². The minimum Gasteiger partial charge on any atom is -0.383 e. The van der Waals surface area contributed by atoms with Crippen LogP contribution in [0.3, 0.4) is 0 Å². The molecule has 3 N–H and O–H groups in total. The van der Waals surface area contributed by atoms with Crippen LogP contribution >= 0.6 is 0 Å². The highest BCUT2D eigenvalue weighted by Crippen LogP contribution is 2.29. The van der Waals surface area contributed by atoms with E-state index in [1.807, 2.05) is 24.3 Å². The number of hydrogen-bond acceptors (Lipinski definition) is 3. The third kappa shape index (κ3) is 4.35. The molecule has 6 heteroatoms. The molecule has 1 atom stereocenters. The molecular weight excluding hydrogens is 304 g/mol. The normalized spacial score (nSPS) is 14.1. The summed E-state index contributed by atoms with van der Waals surface area (Å²) >= 11 is 0. The predicted octanol–water partition coefficient (Wildman–Crippen LogP) is 2.75. The molecule has 1 unspecified atom stereocenters. The fourth-order valence-corrected chi connectivity index (χ4v) is 2.47. The Bertz CT molecular complexity index is 714. The van der Waals surface area contributed by atoms with Gasteiger partial charge in [-0.05, 0) is 24.0 Å². The molecule has 0 fully saturated rings. The SMILES string of the molecule is Cn1cc(C(C)(O)CNC(=O)Nc2ccccc2C(C)(C)C)cn1. The van der Waals surface area contributed by atoms with E-state index in [2.05, 4.69) is 36.5 Å². The van der Waals surface area contributed by atoms with Crippen LogP contribution in [0, 0.1) is 0 Å². The van der Waals surface area contributed by atoms with Gasteiger partial charge in [0.1, 0.15) is 5.60 Å². The second-order valence-electron chi connectivity index (χ2n) is 7.28. The molecule has 2 amide bonds. The molecule has 0 saturated heterocycles. The molecular formula is C18H26N4O2. The topological polar surface area (TPSA) is 79.2 Å². The Balaban J connectivity index is 2.02. The van der Waals surface area contributed by atoms with Crippen molar-refractivity contribution in [3.05, 3.63) is 47.8 Å². The number of amides is 2. The molecule has 1 heterocycles. The molecule has 0 aliphatic carbocycles. The molecule has 0 radical (unpaired) electrons. The van der Waals surface area contributed by atoms with E-state index in [-0.39, 0.29) is 18.0 Å². The van der Waals surface area contributed by atoms with Gasteiger partial charge in [-0.3, -0.25) is 4.68 Å². The number of aromatic nitrogens is 2. The Morgan fingerprint density at radius 1 is 1.25 bits per heavy atom. The van der Waals surface area contributed by atoms with Crippen molar-refractivity contribution >= 4 is 11.7 Å². The number of carbonyl (C=O) groups excluding carboxylic acids is 1. The maximum atomic E-state index is 12.2. The number of anilines is 1. The van der Waals surface area contributed by atoms with Crippen molar-refractivity contribution in [1.29, 1.82) is 0 Å². The molecule has 0 aliphatic rings. The van der Waals surface area contributed by atoms with E-state index in [1.165, 1.54) is 0 Å². The number of nitrogens with zero attached hydrogens (tertiary/aromatic N) is 2. The third-order valence-electron chi connectivity index (χ3n) is 3.90. The largest absolute Gasteiger partial charge is 0.383 e. The zero-order valence-electron chi connectivity index (χ0n) is 14.9. The van der Waals surface area contributed by atoms with Gasteiger partial charge in [-0.25, -0.2) is 4.79 Å².